The molecular formula is C17H18Cl2N2O3. The lowest BCUT2D eigenvalue weighted by Crippen LogP contribution is -2.28. The molecule has 2 rings (SSSR count). The molecule has 0 bridgehead atoms. The SMILES string of the molecule is COc1c(C)c(Cl)cc(C(=O)NCc2c(C)cc(C)[nH]c2=O)c1Cl. The van der Waals surface area contributed by atoms with Gasteiger partial charge in [-0.2, -0.15) is 0 Å². The van der Waals surface area contributed by atoms with Gasteiger partial charge in [-0.3, -0.25) is 9.59 Å². The molecule has 0 fully saturated rings. The van der Waals surface area contributed by atoms with Crippen molar-refractivity contribution in [3.05, 3.63) is 60.5 Å². The number of halogens is 2. The second kappa shape index (κ2) is 7.28. The number of hydrogen-bond donors (Lipinski definition) is 2. The highest BCUT2D eigenvalue weighted by molar-refractivity contribution is 6.37. The van der Waals surface area contributed by atoms with Gasteiger partial charge < -0.3 is 15.0 Å². The third-order valence-electron chi connectivity index (χ3n) is 3.77. The minimum Gasteiger partial charge on any atom is -0.495 e. The van der Waals surface area contributed by atoms with E-state index in [1.165, 1.54) is 13.2 Å². The van der Waals surface area contributed by atoms with E-state index in [9.17, 15) is 9.59 Å². The highest BCUT2D eigenvalue weighted by Gasteiger charge is 2.19. The zero-order valence-electron chi connectivity index (χ0n) is 13.8. The summed E-state index contributed by atoms with van der Waals surface area (Å²) in [5, 5.41) is 3.26. The number of methoxy groups -OCH3 is 1. The first-order chi connectivity index (χ1) is 11.3. The molecule has 128 valence electrons. The Bertz CT molecular complexity index is 860. The van der Waals surface area contributed by atoms with E-state index in [4.69, 9.17) is 27.9 Å². The Kier molecular flexibility index (Phi) is 5.57. The fraction of sp³-hybridized carbons (Fsp3) is 0.294. The van der Waals surface area contributed by atoms with E-state index >= 15 is 0 Å². The molecule has 2 N–H and O–H groups in total. The molecule has 0 atom stereocenters. The number of carbonyl (C=O) groups excluding carboxylic acids is 1. The zero-order chi connectivity index (χ0) is 18.0. The van der Waals surface area contributed by atoms with Gasteiger partial charge in [0, 0.05) is 28.4 Å². The highest BCUT2D eigenvalue weighted by Crippen LogP contribution is 2.36. The van der Waals surface area contributed by atoms with E-state index in [1.54, 1.807) is 13.8 Å². The van der Waals surface area contributed by atoms with Gasteiger partial charge in [0.15, 0.2) is 0 Å². The van der Waals surface area contributed by atoms with Crippen molar-refractivity contribution in [2.75, 3.05) is 7.11 Å². The van der Waals surface area contributed by atoms with E-state index in [2.05, 4.69) is 10.3 Å². The van der Waals surface area contributed by atoms with Gasteiger partial charge in [0.1, 0.15) is 5.75 Å². The van der Waals surface area contributed by atoms with E-state index < -0.39 is 5.91 Å². The fourth-order valence-corrected chi connectivity index (χ4v) is 3.02. The standard InChI is InChI=1S/C17H18Cl2N2O3/c1-8-5-9(2)21-17(23)12(8)7-20-16(22)11-6-13(18)10(3)15(24-4)14(11)19/h5-6H,7H2,1-4H3,(H,20,22)(H,21,23). The van der Waals surface area contributed by atoms with Gasteiger partial charge in [0.2, 0.25) is 0 Å². The molecule has 5 nitrogen and oxygen atoms in total. The molecule has 7 heteroatoms. The topological polar surface area (TPSA) is 71.2 Å². The first kappa shape index (κ1) is 18.4. The number of rotatable bonds is 4. The Morgan fingerprint density at radius 1 is 1.25 bits per heavy atom. The largest absolute Gasteiger partial charge is 0.495 e. The van der Waals surface area contributed by atoms with Gasteiger partial charge in [-0.15, -0.1) is 0 Å². The number of benzene rings is 1. The maximum atomic E-state index is 12.4. The van der Waals surface area contributed by atoms with Gasteiger partial charge in [-0.1, -0.05) is 23.2 Å². The number of carbonyl (C=O) groups is 1. The van der Waals surface area contributed by atoms with Crippen molar-refractivity contribution in [2.45, 2.75) is 27.3 Å². The van der Waals surface area contributed by atoms with Crippen LogP contribution in [0, 0.1) is 20.8 Å². The summed E-state index contributed by atoms with van der Waals surface area (Å²) in [7, 11) is 1.46. The van der Waals surface area contributed by atoms with E-state index in [-0.39, 0.29) is 22.7 Å². The number of H-pyrrole nitrogens is 1. The second-order valence-corrected chi connectivity index (χ2v) is 6.29. The molecule has 0 saturated heterocycles. The predicted octanol–water partition coefficient (Wildman–Crippen LogP) is 3.55. The normalized spacial score (nSPS) is 10.6. The molecule has 0 spiro atoms. The highest BCUT2D eigenvalue weighted by atomic mass is 35.5. The molecule has 2 aromatic rings. The van der Waals surface area contributed by atoms with Crippen LogP contribution in [0.5, 0.6) is 5.75 Å². The molecule has 0 unspecified atom stereocenters. The number of aromatic amines is 1. The Morgan fingerprint density at radius 2 is 1.92 bits per heavy atom. The van der Waals surface area contributed by atoms with Crippen LogP contribution >= 0.6 is 23.2 Å². The zero-order valence-corrected chi connectivity index (χ0v) is 15.4. The minimum absolute atomic E-state index is 0.0877. The summed E-state index contributed by atoms with van der Waals surface area (Å²) in [5.74, 6) is -0.0711. The van der Waals surface area contributed by atoms with Crippen molar-refractivity contribution >= 4 is 29.1 Å². The summed E-state index contributed by atoms with van der Waals surface area (Å²) in [4.78, 5) is 27.2. The number of pyridine rings is 1. The fourth-order valence-electron chi connectivity index (χ4n) is 2.47. The lowest BCUT2D eigenvalue weighted by molar-refractivity contribution is 0.0950. The molecule has 1 amide bonds. The molecule has 1 heterocycles. The number of ether oxygens (including phenoxy) is 1. The minimum atomic E-state index is -0.431. The summed E-state index contributed by atoms with van der Waals surface area (Å²) in [6.07, 6.45) is 0. The van der Waals surface area contributed by atoms with Crippen LogP contribution in [0.15, 0.2) is 16.9 Å². The average molecular weight is 369 g/mol. The van der Waals surface area contributed by atoms with Crippen molar-refractivity contribution < 1.29 is 9.53 Å². The first-order valence-corrected chi connectivity index (χ1v) is 8.02. The van der Waals surface area contributed by atoms with Crippen LogP contribution in [-0.2, 0) is 6.54 Å². The lowest BCUT2D eigenvalue weighted by Gasteiger charge is -2.14. The van der Waals surface area contributed by atoms with Crippen LogP contribution in [-0.4, -0.2) is 18.0 Å². The molecule has 1 aromatic carbocycles. The van der Waals surface area contributed by atoms with Crippen molar-refractivity contribution in [2.24, 2.45) is 0 Å². The third-order valence-corrected chi connectivity index (χ3v) is 4.54. The van der Waals surface area contributed by atoms with Crippen molar-refractivity contribution in [3.8, 4) is 5.75 Å². The Labute approximate surface area is 149 Å². The van der Waals surface area contributed by atoms with Gasteiger partial charge in [-0.05, 0) is 38.5 Å². The van der Waals surface area contributed by atoms with Gasteiger partial charge in [0.05, 0.1) is 17.7 Å². The molecule has 0 radical (unpaired) electrons. The first-order valence-electron chi connectivity index (χ1n) is 7.26. The van der Waals surface area contributed by atoms with Gasteiger partial charge >= 0.3 is 0 Å². The summed E-state index contributed by atoms with van der Waals surface area (Å²) < 4.78 is 5.21. The van der Waals surface area contributed by atoms with Crippen molar-refractivity contribution in [3.63, 3.8) is 0 Å². The van der Waals surface area contributed by atoms with Crippen LogP contribution < -0.4 is 15.6 Å². The predicted molar refractivity (Wildman–Crippen MR) is 95.5 cm³/mol. The number of aryl methyl sites for hydroxylation is 2. The summed E-state index contributed by atoms with van der Waals surface area (Å²) in [6.45, 7) is 5.47. The molecule has 1 aromatic heterocycles. The van der Waals surface area contributed by atoms with Crippen molar-refractivity contribution in [1.82, 2.24) is 10.3 Å². The van der Waals surface area contributed by atoms with Crippen LogP contribution in [0.25, 0.3) is 0 Å². The van der Waals surface area contributed by atoms with E-state index in [0.717, 1.165) is 11.3 Å². The number of hydrogen-bond acceptors (Lipinski definition) is 3. The Balaban J connectivity index is 2.29. The average Bonchev–Trinajstić information content (AvgIpc) is 2.50. The molecule has 0 aliphatic carbocycles. The maximum Gasteiger partial charge on any atom is 0.253 e. The summed E-state index contributed by atoms with van der Waals surface area (Å²) >= 11 is 12.4. The molecular weight excluding hydrogens is 351 g/mol. The second-order valence-electron chi connectivity index (χ2n) is 5.50. The lowest BCUT2D eigenvalue weighted by atomic mass is 10.1. The Hall–Kier alpha value is -1.98. The van der Waals surface area contributed by atoms with E-state index in [0.29, 0.717) is 21.9 Å². The maximum absolute atomic E-state index is 12.4. The van der Waals surface area contributed by atoms with Crippen LogP contribution in [0.3, 0.4) is 0 Å². The summed E-state index contributed by atoms with van der Waals surface area (Å²) in [5.41, 5.74) is 2.71. The number of nitrogens with one attached hydrogen (secondary N) is 2. The quantitative estimate of drug-likeness (QED) is 0.866. The smallest absolute Gasteiger partial charge is 0.253 e. The van der Waals surface area contributed by atoms with Gasteiger partial charge in [-0.25, -0.2) is 0 Å². The number of aromatic nitrogens is 1. The molecule has 0 saturated carbocycles. The van der Waals surface area contributed by atoms with Gasteiger partial charge in [0.25, 0.3) is 11.5 Å². The molecule has 0 aliphatic rings. The summed E-state index contributed by atoms with van der Waals surface area (Å²) in [6, 6.07) is 3.34. The molecule has 0 aliphatic heterocycles. The van der Waals surface area contributed by atoms with Crippen molar-refractivity contribution in [1.29, 1.82) is 0 Å². The monoisotopic (exact) mass is 368 g/mol. The third kappa shape index (κ3) is 3.57. The molecule has 24 heavy (non-hydrogen) atoms. The van der Waals surface area contributed by atoms with Crippen LogP contribution in [0.4, 0.5) is 0 Å². The number of amides is 1. The van der Waals surface area contributed by atoms with Crippen LogP contribution in [0.1, 0.15) is 32.7 Å². The van der Waals surface area contributed by atoms with E-state index in [1.807, 2.05) is 13.0 Å². The Morgan fingerprint density at radius 3 is 2.50 bits per heavy atom. The van der Waals surface area contributed by atoms with Crippen LogP contribution in [0.2, 0.25) is 10.0 Å².